The van der Waals surface area contributed by atoms with E-state index in [-0.39, 0.29) is 10.6 Å². The molecule has 3 aromatic rings. The lowest BCUT2D eigenvalue weighted by Gasteiger charge is -2.08. The van der Waals surface area contributed by atoms with E-state index in [0.717, 1.165) is 18.4 Å². The molecule has 2 aromatic carbocycles. The van der Waals surface area contributed by atoms with Crippen LogP contribution in [-0.4, -0.2) is 30.8 Å². The average molecular weight is 389 g/mol. The summed E-state index contributed by atoms with van der Waals surface area (Å²) in [5.74, 6) is -2.76. The van der Waals surface area contributed by atoms with Crippen LogP contribution < -0.4 is 5.32 Å². The molecule has 27 heavy (non-hydrogen) atoms. The number of nitrogens with one attached hydrogen (secondary N) is 1. The van der Waals surface area contributed by atoms with E-state index >= 15 is 0 Å². The van der Waals surface area contributed by atoms with Gasteiger partial charge in [0, 0.05) is 23.1 Å². The van der Waals surface area contributed by atoms with Gasteiger partial charge in [-0.1, -0.05) is 12.1 Å². The summed E-state index contributed by atoms with van der Waals surface area (Å²) < 4.78 is 49.1. The highest BCUT2D eigenvalue weighted by molar-refractivity contribution is 7.90. The Bertz CT molecular complexity index is 1120. The lowest BCUT2D eigenvalue weighted by atomic mass is 10.1. The molecule has 0 saturated heterocycles. The van der Waals surface area contributed by atoms with E-state index in [1.807, 2.05) is 0 Å². The fourth-order valence-electron chi connectivity index (χ4n) is 2.27. The van der Waals surface area contributed by atoms with Crippen LogP contribution in [0.3, 0.4) is 0 Å². The van der Waals surface area contributed by atoms with Crippen molar-refractivity contribution in [3.05, 3.63) is 71.8 Å². The third-order valence-electron chi connectivity index (χ3n) is 3.62. The zero-order chi connectivity index (χ0) is 19.6. The third-order valence-corrected chi connectivity index (χ3v) is 4.60. The summed E-state index contributed by atoms with van der Waals surface area (Å²) in [5.41, 5.74) is 1.37. The maximum absolute atomic E-state index is 13.3. The Balaban J connectivity index is 1.83. The highest BCUT2D eigenvalue weighted by Gasteiger charge is 2.12. The fraction of sp³-hybridized carbons (Fsp3) is 0.0556. The number of carbonyl (C=O) groups excluding carboxylic acids is 1. The number of hydrogen-bond acceptors (Lipinski definition) is 5. The number of amides is 1. The van der Waals surface area contributed by atoms with Gasteiger partial charge in [0.25, 0.3) is 5.91 Å². The second kappa shape index (κ2) is 7.20. The lowest BCUT2D eigenvalue weighted by Crippen LogP contribution is -2.12. The molecule has 0 spiro atoms. The second-order valence-electron chi connectivity index (χ2n) is 5.69. The first-order valence-corrected chi connectivity index (χ1v) is 9.54. The number of sulfone groups is 1. The highest BCUT2D eigenvalue weighted by atomic mass is 32.2. The van der Waals surface area contributed by atoms with E-state index in [1.165, 1.54) is 18.2 Å². The molecule has 0 fully saturated rings. The molecule has 0 radical (unpaired) electrons. The summed E-state index contributed by atoms with van der Waals surface area (Å²) in [5, 5.41) is 10.00. The van der Waals surface area contributed by atoms with E-state index < -0.39 is 27.4 Å². The van der Waals surface area contributed by atoms with Gasteiger partial charge in [0.2, 0.25) is 0 Å². The standard InChI is InChI=1S/C18H13F2N3O3S/c1-27(25,26)17-8-7-16(22-23-17)11-3-2-4-13(9-11)21-18(24)12-5-6-14(19)15(20)10-12/h2-10H,1H3,(H,21,24). The van der Waals surface area contributed by atoms with Gasteiger partial charge in [0.1, 0.15) is 0 Å². The van der Waals surface area contributed by atoms with E-state index in [9.17, 15) is 22.0 Å². The zero-order valence-corrected chi connectivity index (χ0v) is 14.8. The number of rotatable bonds is 4. The van der Waals surface area contributed by atoms with Gasteiger partial charge in [0.15, 0.2) is 26.5 Å². The number of carbonyl (C=O) groups is 1. The van der Waals surface area contributed by atoms with Crippen molar-refractivity contribution in [2.24, 2.45) is 0 Å². The minimum Gasteiger partial charge on any atom is -0.322 e. The van der Waals surface area contributed by atoms with Gasteiger partial charge in [-0.05, 0) is 42.5 Å². The molecule has 0 aliphatic heterocycles. The van der Waals surface area contributed by atoms with Gasteiger partial charge in [-0.15, -0.1) is 10.2 Å². The number of nitrogens with zero attached hydrogens (tertiary/aromatic N) is 2. The number of halogens is 2. The summed E-state index contributed by atoms with van der Waals surface area (Å²) in [6, 6.07) is 12.3. The Morgan fingerprint density at radius 2 is 1.74 bits per heavy atom. The molecule has 3 rings (SSSR count). The average Bonchev–Trinajstić information content (AvgIpc) is 2.63. The van der Waals surface area contributed by atoms with Crippen LogP contribution in [0.1, 0.15) is 10.4 Å². The van der Waals surface area contributed by atoms with Crippen molar-refractivity contribution in [3.8, 4) is 11.3 Å². The van der Waals surface area contributed by atoms with Crippen LogP contribution >= 0.6 is 0 Å². The molecule has 1 amide bonds. The quantitative estimate of drug-likeness (QED) is 0.741. The van der Waals surface area contributed by atoms with Crippen LogP contribution in [0.2, 0.25) is 0 Å². The molecule has 0 atom stereocenters. The van der Waals surface area contributed by atoms with Crippen LogP contribution in [-0.2, 0) is 9.84 Å². The Labute approximate surface area is 153 Å². The molecular weight excluding hydrogens is 376 g/mol. The monoisotopic (exact) mass is 389 g/mol. The van der Waals surface area contributed by atoms with E-state index in [2.05, 4.69) is 15.5 Å². The van der Waals surface area contributed by atoms with E-state index in [4.69, 9.17) is 0 Å². The maximum atomic E-state index is 13.3. The Hall–Kier alpha value is -3.20. The molecule has 0 aliphatic rings. The molecule has 6 nitrogen and oxygen atoms in total. The molecule has 1 N–H and O–H groups in total. The van der Waals surface area contributed by atoms with Crippen LogP contribution in [0.5, 0.6) is 0 Å². The molecule has 0 aliphatic carbocycles. The largest absolute Gasteiger partial charge is 0.322 e. The first kappa shape index (κ1) is 18.6. The van der Waals surface area contributed by atoms with Crippen LogP contribution in [0.4, 0.5) is 14.5 Å². The Morgan fingerprint density at radius 1 is 0.963 bits per heavy atom. The lowest BCUT2D eigenvalue weighted by molar-refractivity contribution is 0.102. The van der Waals surface area contributed by atoms with Crippen molar-refractivity contribution < 1.29 is 22.0 Å². The maximum Gasteiger partial charge on any atom is 0.255 e. The predicted octanol–water partition coefficient (Wildman–Crippen LogP) is 3.08. The molecule has 0 bridgehead atoms. The van der Waals surface area contributed by atoms with Crippen molar-refractivity contribution in [1.82, 2.24) is 10.2 Å². The van der Waals surface area contributed by atoms with Crippen molar-refractivity contribution in [2.45, 2.75) is 5.03 Å². The minimum absolute atomic E-state index is 0.0309. The van der Waals surface area contributed by atoms with Crippen molar-refractivity contribution in [1.29, 1.82) is 0 Å². The summed E-state index contributed by atoms with van der Waals surface area (Å²) in [6.45, 7) is 0. The summed E-state index contributed by atoms with van der Waals surface area (Å²) in [7, 11) is -3.45. The second-order valence-corrected chi connectivity index (χ2v) is 7.66. The molecule has 1 heterocycles. The van der Waals surface area contributed by atoms with Crippen molar-refractivity contribution in [2.75, 3.05) is 11.6 Å². The first-order valence-electron chi connectivity index (χ1n) is 7.65. The van der Waals surface area contributed by atoms with Crippen LogP contribution in [0.15, 0.2) is 59.6 Å². The van der Waals surface area contributed by atoms with Gasteiger partial charge in [-0.2, -0.15) is 0 Å². The normalized spacial score (nSPS) is 11.2. The van der Waals surface area contributed by atoms with E-state index in [0.29, 0.717) is 16.9 Å². The Kier molecular flexibility index (Phi) is 4.95. The van der Waals surface area contributed by atoms with E-state index in [1.54, 1.807) is 24.3 Å². The SMILES string of the molecule is CS(=O)(=O)c1ccc(-c2cccc(NC(=O)c3ccc(F)c(F)c3)c2)nn1. The van der Waals surface area contributed by atoms with Crippen LogP contribution in [0.25, 0.3) is 11.3 Å². The highest BCUT2D eigenvalue weighted by Crippen LogP contribution is 2.22. The number of benzene rings is 2. The Morgan fingerprint density at radius 3 is 2.37 bits per heavy atom. The summed E-state index contributed by atoms with van der Waals surface area (Å²) in [4.78, 5) is 12.2. The minimum atomic E-state index is -3.45. The predicted molar refractivity (Wildman–Crippen MR) is 94.9 cm³/mol. The molecule has 0 saturated carbocycles. The number of hydrogen-bond donors (Lipinski definition) is 1. The number of aromatic nitrogens is 2. The molecule has 1 aromatic heterocycles. The fourth-order valence-corrected chi connectivity index (χ4v) is 2.77. The third kappa shape index (κ3) is 4.32. The van der Waals surface area contributed by atoms with Gasteiger partial charge < -0.3 is 5.32 Å². The summed E-state index contributed by atoms with van der Waals surface area (Å²) >= 11 is 0. The van der Waals surface area contributed by atoms with Crippen molar-refractivity contribution in [3.63, 3.8) is 0 Å². The molecular formula is C18H13F2N3O3S. The molecule has 0 unspecified atom stereocenters. The van der Waals surface area contributed by atoms with Crippen LogP contribution in [0, 0.1) is 11.6 Å². The topological polar surface area (TPSA) is 89.0 Å². The van der Waals surface area contributed by atoms with Crippen molar-refractivity contribution >= 4 is 21.4 Å². The van der Waals surface area contributed by atoms with Gasteiger partial charge in [0.05, 0.1) is 5.69 Å². The van der Waals surface area contributed by atoms with Gasteiger partial charge in [-0.3, -0.25) is 4.79 Å². The zero-order valence-electron chi connectivity index (χ0n) is 14.0. The first-order chi connectivity index (χ1) is 12.7. The smallest absolute Gasteiger partial charge is 0.255 e. The van der Waals surface area contributed by atoms with Gasteiger partial charge >= 0.3 is 0 Å². The molecule has 138 valence electrons. The van der Waals surface area contributed by atoms with Gasteiger partial charge in [-0.25, -0.2) is 17.2 Å². The summed E-state index contributed by atoms with van der Waals surface area (Å²) in [6.07, 6.45) is 1.03. The molecule has 9 heteroatoms. The number of anilines is 1.